The maximum absolute atomic E-state index is 13.4. The Morgan fingerprint density at radius 1 is 1.10 bits per heavy atom. The van der Waals surface area contributed by atoms with Crippen molar-refractivity contribution in [3.8, 4) is 5.69 Å². The van der Waals surface area contributed by atoms with Crippen LogP contribution in [0.1, 0.15) is 9.67 Å². The van der Waals surface area contributed by atoms with Gasteiger partial charge >= 0.3 is 0 Å². The highest BCUT2D eigenvalue weighted by Gasteiger charge is 2.15. The average Bonchev–Trinajstić information content (AvgIpc) is 3.35. The number of nitrogens with zero attached hydrogens (tertiary/aromatic N) is 4. The van der Waals surface area contributed by atoms with Crippen LogP contribution in [0, 0.1) is 5.82 Å². The van der Waals surface area contributed by atoms with Crippen molar-refractivity contribution in [2.45, 2.75) is 0 Å². The SMILES string of the molecule is O=C(Nn1cnc2c(cnn2-c2ccccc2)c1=O)c1cc2cc(F)ccc2s1. The molecule has 1 amide bonds. The van der Waals surface area contributed by atoms with Gasteiger partial charge in [0.25, 0.3) is 11.5 Å². The number of hydrogen-bond donors (Lipinski definition) is 1. The van der Waals surface area contributed by atoms with E-state index in [1.165, 1.54) is 36.0 Å². The van der Waals surface area contributed by atoms with Gasteiger partial charge in [-0.2, -0.15) is 5.10 Å². The predicted molar refractivity (Wildman–Crippen MR) is 109 cm³/mol. The lowest BCUT2D eigenvalue weighted by Crippen LogP contribution is -2.32. The molecular weight excluding hydrogens is 393 g/mol. The number of carbonyl (C=O) groups is 1. The minimum atomic E-state index is -0.481. The molecule has 9 heteroatoms. The Kier molecular flexibility index (Phi) is 3.95. The predicted octanol–water partition coefficient (Wildman–Crippen LogP) is 3.32. The smallest absolute Gasteiger partial charge is 0.267 e. The van der Waals surface area contributed by atoms with Crippen molar-refractivity contribution in [3.05, 3.63) is 88.2 Å². The van der Waals surface area contributed by atoms with Gasteiger partial charge < -0.3 is 0 Å². The summed E-state index contributed by atoms with van der Waals surface area (Å²) in [6.07, 6.45) is 2.67. The number of hydrogen-bond acceptors (Lipinski definition) is 5. The monoisotopic (exact) mass is 405 g/mol. The van der Waals surface area contributed by atoms with E-state index in [1.54, 1.807) is 16.8 Å². The van der Waals surface area contributed by atoms with Crippen molar-refractivity contribution < 1.29 is 9.18 Å². The number of halogens is 1. The Labute approximate surface area is 166 Å². The van der Waals surface area contributed by atoms with Crippen LogP contribution in [0.2, 0.25) is 0 Å². The van der Waals surface area contributed by atoms with Crippen molar-refractivity contribution in [3.63, 3.8) is 0 Å². The van der Waals surface area contributed by atoms with Crippen LogP contribution >= 0.6 is 11.3 Å². The third kappa shape index (κ3) is 2.97. The van der Waals surface area contributed by atoms with Gasteiger partial charge in [0.2, 0.25) is 0 Å². The van der Waals surface area contributed by atoms with Crippen LogP contribution in [0.3, 0.4) is 0 Å². The number of carbonyl (C=O) groups excluding carboxylic acids is 1. The number of para-hydroxylation sites is 1. The van der Waals surface area contributed by atoms with E-state index >= 15 is 0 Å². The van der Waals surface area contributed by atoms with E-state index in [-0.39, 0.29) is 11.2 Å². The summed E-state index contributed by atoms with van der Waals surface area (Å²) >= 11 is 1.21. The summed E-state index contributed by atoms with van der Waals surface area (Å²) in [5.41, 5.74) is 3.24. The molecule has 5 aromatic rings. The summed E-state index contributed by atoms with van der Waals surface area (Å²) in [5, 5.41) is 5.14. The van der Waals surface area contributed by atoms with Gasteiger partial charge in [0.05, 0.1) is 16.8 Å². The van der Waals surface area contributed by atoms with Crippen LogP contribution in [0.5, 0.6) is 0 Å². The average molecular weight is 405 g/mol. The van der Waals surface area contributed by atoms with E-state index in [0.717, 1.165) is 15.1 Å². The van der Waals surface area contributed by atoms with Crippen LogP contribution in [0.25, 0.3) is 26.8 Å². The first kappa shape index (κ1) is 17.3. The number of rotatable bonds is 3. The van der Waals surface area contributed by atoms with E-state index in [9.17, 15) is 14.0 Å². The molecule has 3 heterocycles. The van der Waals surface area contributed by atoms with Gasteiger partial charge in [-0.25, -0.2) is 18.7 Å². The zero-order valence-corrected chi connectivity index (χ0v) is 15.6. The summed E-state index contributed by atoms with van der Waals surface area (Å²) in [4.78, 5) is 30.0. The zero-order chi connectivity index (χ0) is 20.0. The van der Waals surface area contributed by atoms with E-state index < -0.39 is 11.5 Å². The first-order valence-electron chi connectivity index (χ1n) is 8.61. The normalized spacial score (nSPS) is 11.2. The molecule has 7 nitrogen and oxygen atoms in total. The fourth-order valence-electron chi connectivity index (χ4n) is 3.04. The lowest BCUT2D eigenvalue weighted by Gasteiger charge is -2.07. The molecule has 0 unspecified atom stereocenters. The molecule has 0 radical (unpaired) electrons. The molecule has 0 fully saturated rings. The first-order chi connectivity index (χ1) is 14.1. The van der Waals surface area contributed by atoms with Crippen LogP contribution in [0.15, 0.2) is 71.9 Å². The lowest BCUT2D eigenvalue weighted by atomic mass is 10.2. The van der Waals surface area contributed by atoms with E-state index in [1.807, 2.05) is 30.3 Å². The van der Waals surface area contributed by atoms with Gasteiger partial charge in [-0.1, -0.05) is 18.2 Å². The van der Waals surface area contributed by atoms with E-state index in [2.05, 4.69) is 15.5 Å². The number of benzene rings is 2. The van der Waals surface area contributed by atoms with Crippen molar-refractivity contribution in [2.75, 3.05) is 5.43 Å². The summed E-state index contributed by atoms with van der Waals surface area (Å²) in [6.45, 7) is 0. The van der Waals surface area contributed by atoms with Crippen LogP contribution in [-0.4, -0.2) is 25.3 Å². The van der Waals surface area contributed by atoms with Crippen molar-refractivity contribution >= 4 is 38.4 Å². The van der Waals surface area contributed by atoms with Crippen LogP contribution in [0.4, 0.5) is 4.39 Å². The molecule has 142 valence electrons. The molecule has 0 aliphatic carbocycles. The standard InChI is InChI=1S/C20H12FN5O2S/c21-13-6-7-16-12(8-13)9-17(29-16)19(27)24-25-11-22-18-15(20(25)28)10-23-26(18)14-4-2-1-3-5-14/h1-11H,(H,24,27). The molecule has 0 aliphatic heterocycles. The minimum Gasteiger partial charge on any atom is -0.267 e. The zero-order valence-electron chi connectivity index (χ0n) is 14.7. The van der Waals surface area contributed by atoms with Crippen LogP contribution in [-0.2, 0) is 0 Å². The molecule has 5 rings (SSSR count). The number of amides is 1. The van der Waals surface area contributed by atoms with E-state index in [0.29, 0.717) is 15.9 Å². The van der Waals surface area contributed by atoms with Gasteiger partial charge in [0.1, 0.15) is 17.5 Å². The maximum atomic E-state index is 13.4. The van der Waals surface area contributed by atoms with E-state index in [4.69, 9.17) is 0 Å². The molecule has 0 saturated heterocycles. The summed E-state index contributed by atoms with van der Waals surface area (Å²) in [6, 6.07) is 15.2. The number of nitrogens with one attached hydrogen (secondary N) is 1. The second-order valence-electron chi connectivity index (χ2n) is 6.28. The highest BCUT2D eigenvalue weighted by Crippen LogP contribution is 2.26. The molecular formula is C20H12FN5O2S. The van der Waals surface area contributed by atoms with Crippen LogP contribution < -0.4 is 11.0 Å². The second kappa shape index (κ2) is 6.64. The largest absolute Gasteiger partial charge is 0.283 e. The Morgan fingerprint density at radius 3 is 2.76 bits per heavy atom. The van der Waals surface area contributed by atoms with Gasteiger partial charge in [-0.3, -0.25) is 15.0 Å². The minimum absolute atomic E-state index is 0.273. The first-order valence-corrected chi connectivity index (χ1v) is 9.43. The van der Waals surface area contributed by atoms with Gasteiger partial charge in [0.15, 0.2) is 5.65 Å². The Morgan fingerprint density at radius 2 is 1.93 bits per heavy atom. The van der Waals surface area contributed by atoms with Crippen molar-refractivity contribution in [2.24, 2.45) is 0 Å². The summed E-state index contributed by atoms with van der Waals surface area (Å²) in [5.74, 6) is -0.853. The molecule has 0 bridgehead atoms. The molecule has 0 saturated carbocycles. The molecule has 3 aromatic heterocycles. The highest BCUT2D eigenvalue weighted by molar-refractivity contribution is 7.20. The number of aromatic nitrogens is 4. The molecule has 1 N–H and O–H groups in total. The van der Waals surface area contributed by atoms with Gasteiger partial charge in [-0.15, -0.1) is 11.3 Å². The maximum Gasteiger partial charge on any atom is 0.283 e. The van der Waals surface area contributed by atoms with Gasteiger partial charge in [-0.05, 0) is 41.8 Å². The highest BCUT2D eigenvalue weighted by atomic mass is 32.1. The topological polar surface area (TPSA) is 81.8 Å². The molecule has 29 heavy (non-hydrogen) atoms. The molecule has 0 spiro atoms. The Hall–Kier alpha value is -3.85. The van der Waals surface area contributed by atoms with Gasteiger partial charge in [0, 0.05) is 4.70 Å². The Bertz CT molecular complexity index is 1440. The number of fused-ring (bicyclic) bond motifs is 2. The fourth-order valence-corrected chi connectivity index (χ4v) is 3.97. The molecule has 2 aromatic carbocycles. The fraction of sp³-hybridized carbons (Fsp3) is 0. The molecule has 0 aliphatic rings. The third-order valence-corrected chi connectivity index (χ3v) is 5.53. The van der Waals surface area contributed by atoms with Crippen molar-refractivity contribution in [1.29, 1.82) is 0 Å². The summed E-state index contributed by atoms with van der Waals surface area (Å²) < 4.78 is 16.7. The Balaban J connectivity index is 1.49. The third-order valence-electron chi connectivity index (χ3n) is 4.41. The lowest BCUT2D eigenvalue weighted by molar-refractivity contribution is 0.101. The molecule has 0 atom stereocenters. The summed E-state index contributed by atoms with van der Waals surface area (Å²) in [7, 11) is 0. The number of thiophene rings is 1. The van der Waals surface area contributed by atoms with Crippen molar-refractivity contribution in [1.82, 2.24) is 19.4 Å². The quantitative estimate of drug-likeness (QED) is 0.499. The second-order valence-corrected chi connectivity index (χ2v) is 7.37.